The van der Waals surface area contributed by atoms with Crippen LogP contribution < -0.4 is 10.6 Å². The van der Waals surface area contributed by atoms with Gasteiger partial charge in [0.05, 0.1) is 12.3 Å². The van der Waals surface area contributed by atoms with Gasteiger partial charge in [0.1, 0.15) is 0 Å². The molecule has 3 rings (SSSR count). The first kappa shape index (κ1) is 15.1. The molecule has 1 aromatic rings. The van der Waals surface area contributed by atoms with Crippen LogP contribution in [0.5, 0.6) is 0 Å². The van der Waals surface area contributed by atoms with Crippen molar-refractivity contribution in [3.8, 4) is 0 Å². The molecule has 2 unspecified atom stereocenters. The van der Waals surface area contributed by atoms with Crippen LogP contribution in [0.1, 0.15) is 24.8 Å². The Morgan fingerprint density at radius 1 is 1.36 bits per heavy atom. The number of benzene rings is 1. The third-order valence-corrected chi connectivity index (χ3v) is 3.88. The number of para-hydroxylation sites is 1. The summed E-state index contributed by atoms with van der Waals surface area (Å²) >= 11 is 0. The summed E-state index contributed by atoms with van der Waals surface area (Å²) in [4.78, 5) is 18.1. The Morgan fingerprint density at radius 3 is 3.05 bits per heavy atom. The smallest absolute Gasteiger partial charge is 0.266 e. The van der Waals surface area contributed by atoms with E-state index in [-0.39, 0.29) is 12.2 Å². The SMILES string of the molecule is NC1N=Cc2ccccc2N(CCOC2CCCCO2)C1=O. The van der Waals surface area contributed by atoms with Crippen LogP contribution >= 0.6 is 0 Å². The predicted molar refractivity (Wildman–Crippen MR) is 83.9 cm³/mol. The Labute approximate surface area is 129 Å². The van der Waals surface area contributed by atoms with Gasteiger partial charge in [-0.1, -0.05) is 18.2 Å². The van der Waals surface area contributed by atoms with Crippen molar-refractivity contribution in [1.82, 2.24) is 0 Å². The first-order valence-corrected chi connectivity index (χ1v) is 7.68. The summed E-state index contributed by atoms with van der Waals surface area (Å²) in [6.07, 6.45) is 3.75. The fourth-order valence-corrected chi connectivity index (χ4v) is 2.69. The van der Waals surface area contributed by atoms with Crippen LogP contribution in [0, 0.1) is 0 Å². The maximum Gasteiger partial charge on any atom is 0.266 e. The highest BCUT2D eigenvalue weighted by molar-refractivity contribution is 6.04. The van der Waals surface area contributed by atoms with E-state index in [1.165, 1.54) is 0 Å². The molecule has 1 fully saturated rings. The van der Waals surface area contributed by atoms with Gasteiger partial charge in [0, 0.05) is 24.9 Å². The van der Waals surface area contributed by atoms with Crippen LogP contribution in [0.4, 0.5) is 5.69 Å². The summed E-state index contributed by atoms with van der Waals surface area (Å²) in [5.41, 5.74) is 7.51. The van der Waals surface area contributed by atoms with Crippen molar-refractivity contribution in [1.29, 1.82) is 0 Å². The topological polar surface area (TPSA) is 77.2 Å². The molecule has 0 aromatic heterocycles. The van der Waals surface area contributed by atoms with Gasteiger partial charge in [-0.2, -0.15) is 0 Å². The van der Waals surface area contributed by atoms with E-state index >= 15 is 0 Å². The second-order valence-electron chi connectivity index (χ2n) is 5.44. The van der Waals surface area contributed by atoms with Crippen LogP contribution in [0.3, 0.4) is 0 Å². The molecule has 118 valence electrons. The molecule has 0 radical (unpaired) electrons. The van der Waals surface area contributed by atoms with Crippen molar-refractivity contribution in [2.45, 2.75) is 31.7 Å². The lowest BCUT2D eigenvalue weighted by molar-refractivity contribution is -0.161. The zero-order chi connectivity index (χ0) is 15.4. The molecular weight excluding hydrogens is 282 g/mol. The van der Waals surface area contributed by atoms with E-state index in [2.05, 4.69) is 4.99 Å². The molecule has 1 aromatic carbocycles. The number of rotatable bonds is 4. The number of carbonyl (C=O) groups is 1. The lowest BCUT2D eigenvalue weighted by atomic mass is 10.1. The average Bonchev–Trinajstić information content (AvgIpc) is 2.68. The van der Waals surface area contributed by atoms with Crippen molar-refractivity contribution >= 4 is 17.8 Å². The first-order valence-electron chi connectivity index (χ1n) is 7.68. The second kappa shape index (κ2) is 7.00. The highest BCUT2D eigenvalue weighted by Gasteiger charge is 2.26. The van der Waals surface area contributed by atoms with Crippen molar-refractivity contribution in [3.63, 3.8) is 0 Å². The van der Waals surface area contributed by atoms with Gasteiger partial charge in [-0.25, -0.2) is 0 Å². The van der Waals surface area contributed by atoms with Gasteiger partial charge in [-0.05, 0) is 25.3 Å². The monoisotopic (exact) mass is 303 g/mol. The Hall–Kier alpha value is -1.76. The molecule has 1 saturated heterocycles. The normalized spacial score (nSPS) is 25.0. The molecule has 22 heavy (non-hydrogen) atoms. The Kier molecular flexibility index (Phi) is 4.82. The largest absolute Gasteiger partial charge is 0.353 e. The molecule has 6 nitrogen and oxygen atoms in total. The van der Waals surface area contributed by atoms with E-state index in [0.29, 0.717) is 13.2 Å². The summed E-state index contributed by atoms with van der Waals surface area (Å²) in [7, 11) is 0. The number of hydrogen-bond donors (Lipinski definition) is 1. The maximum atomic E-state index is 12.4. The lowest BCUT2D eigenvalue weighted by Gasteiger charge is -2.26. The highest BCUT2D eigenvalue weighted by Crippen LogP contribution is 2.22. The molecule has 2 aliphatic heterocycles. The summed E-state index contributed by atoms with van der Waals surface area (Å²) in [6.45, 7) is 1.60. The molecule has 2 heterocycles. The van der Waals surface area contributed by atoms with Gasteiger partial charge in [0.2, 0.25) is 0 Å². The minimum absolute atomic E-state index is 0.156. The summed E-state index contributed by atoms with van der Waals surface area (Å²) in [5.74, 6) is -0.214. The average molecular weight is 303 g/mol. The number of carbonyl (C=O) groups excluding carboxylic acids is 1. The van der Waals surface area contributed by atoms with Gasteiger partial charge in [-0.15, -0.1) is 0 Å². The minimum Gasteiger partial charge on any atom is -0.353 e. The van der Waals surface area contributed by atoms with Gasteiger partial charge in [-0.3, -0.25) is 9.79 Å². The zero-order valence-electron chi connectivity index (χ0n) is 12.5. The van der Waals surface area contributed by atoms with Gasteiger partial charge < -0.3 is 20.1 Å². The van der Waals surface area contributed by atoms with E-state index in [0.717, 1.165) is 37.1 Å². The lowest BCUT2D eigenvalue weighted by Crippen LogP contribution is -2.44. The summed E-state index contributed by atoms with van der Waals surface area (Å²) in [5, 5.41) is 0. The number of anilines is 1. The number of hydrogen-bond acceptors (Lipinski definition) is 5. The summed E-state index contributed by atoms with van der Waals surface area (Å²) in [6, 6.07) is 7.63. The maximum absolute atomic E-state index is 12.4. The number of benzodiazepines with no additional fused rings is 1. The molecule has 0 spiro atoms. The Balaban J connectivity index is 1.67. The number of aliphatic imine (C=N–C) groups is 1. The van der Waals surface area contributed by atoms with Gasteiger partial charge in [0.15, 0.2) is 12.5 Å². The number of ether oxygens (including phenoxy) is 2. The molecule has 2 aliphatic rings. The molecule has 2 N–H and O–H groups in total. The van der Waals surface area contributed by atoms with Gasteiger partial charge in [0.25, 0.3) is 5.91 Å². The fraction of sp³-hybridized carbons (Fsp3) is 0.500. The molecule has 0 aliphatic carbocycles. The Morgan fingerprint density at radius 2 is 2.23 bits per heavy atom. The van der Waals surface area contributed by atoms with E-state index in [9.17, 15) is 4.79 Å². The molecule has 1 amide bonds. The van der Waals surface area contributed by atoms with E-state index < -0.39 is 6.17 Å². The van der Waals surface area contributed by atoms with Crippen molar-refractivity contribution < 1.29 is 14.3 Å². The molecule has 0 bridgehead atoms. The molecule has 6 heteroatoms. The minimum atomic E-state index is -0.863. The number of nitrogens with zero attached hydrogens (tertiary/aromatic N) is 2. The summed E-state index contributed by atoms with van der Waals surface area (Å²) < 4.78 is 11.3. The van der Waals surface area contributed by atoms with Gasteiger partial charge >= 0.3 is 0 Å². The standard InChI is InChI=1S/C16H21N3O3/c17-15-16(20)19(8-10-22-14-7-3-4-9-21-14)13-6-2-1-5-12(13)11-18-15/h1-2,5-6,11,14-15H,3-4,7-10,17H2. The van der Waals surface area contributed by atoms with Crippen LogP contribution in [-0.2, 0) is 14.3 Å². The van der Waals surface area contributed by atoms with Crippen LogP contribution in [0.25, 0.3) is 0 Å². The van der Waals surface area contributed by atoms with Crippen LogP contribution in [-0.4, -0.2) is 44.3 Å². The molecule has 2 atom stereocenters. The molecular formula is C16H21N3O3. The van der Waals surface area contributed by atoms with E-state index in [1.54, 1.807) is 11.1 Å². The third-order valence-electron chi connectivity index (χ3n) is 3.88. The third kappa shape index (κ3) is 3.35. The van der Waals surface area contributed by atoms with Crippen molar-refractivity contribution in [2.24, 2.45) is 10.7 Å². The highest BCUT2D eigenvalue weighted by atomic mass is 16.7. The second-order valence-corrected chi connectivity index (χ2v) is 5.44. The number of fused-ring (bicyclic) bond motifs is 1. The number of nitrogens with two attached hydrogens (primary N) is 1. The van der Waals surface area contributed by atoms with Crippen LogP contribution in [0.2, 0.25) is 0 Å². The van der Waals surface area contributed by atoms with Crippen molar-refractivity contribution in [2.75, 3.05) is 24.7 Å². The quantitative estimate of drug-likeness (QED) is 0.909. The first-order chi connectivity index (χ1) is 10.8. The fourth-order valence-electron chi connectivity index (χ4n) is 2.69. The van der Waals surface area contributed by atoms with E-state index in [1.807, 2.05) is 24.3 Å². The van der Waals surface area contributed by atoms with E-state index in [4.69, 9.17) is 15.2 Å². The van der Waals surface area contributed by atoms with Crippen LogP contribution in [0.15, 0.2) is 29.3 Å². The predicted octanol–water partition coefficient (Wildman–Crippen LogP) is 1.28. The van der Waals surface area contributed by atoms with Crippen molar-refractivity contribution in [3.05, 3.63) is 29.8 Å². The number of amides is 1. The zero-order valence-corrected chi connectivity index (χ0v) is 12.5. The Bertz CT molecular complexity index is 555. The molecule has 0 saturated carbocycles.